The molecular weight excluding hydrogens is 384 g/mol. The molecule has 0 atom stereocenters. The monoisotopic (exact) mass is 400 g/mol. The molecule has 0 bridgehead atoms. The zero-order valence-electron chi connectivity index (χ0n) is 14.9. The van der Waals surface area contributed by atoms with Gasteiger partial charge in [0.2, 0.25) is 0 Å². The van der Waals surface area contributed by atoms with E-state index in [1.807, 2.05) is 0 Å². The molecule has 9 heteroatoms. The summed E-state index contributed by atoms with van der Waals surface area (Å²) in [6, 6.07) is 9.39. The predicted octanol–water partition coefficient (Wildman–Crippen LogP) is 3.00. The van der Waals surface area contributed by atoms with Gasteiger partial charge in [-0.05, 0) is 41.6 Å². The molecule has 144 valence electrons. The molecule has 1 amide bonds. The second kappa shape index (κ2) is 8.05. The third kappa shape index (κ3) is 3.94. The Hall–Kier alpha value is -3.46. The number of benzene rings is 2. The molecule has 1 heterocycles. The molecule has 0 unspecified atom stereocenters. The van der Waals surface area contributed by atoms with Crippen molar-refractivity contribution in [3.05, 3.63) is 52.4 Å². The number of carbonyl (C=O) groups is 2. The molecular formula is C19H16N2O6S. The van der Waals surface area contributed by atoms with Crippen molar-refractivity contribution in [1.82, 2.24) is 5.32 Å². The molecule has 1 aliphatic heterocycles. The van der Waals surface area contributed by atoms with Gasteiger partial charge in [0.25, 0.3) is 5.91 Å². The first kappa shape index (κ1) is 19.3. The maximum atomic E-state index is 12.3. The first-order valence-corrected chi connectivity index (χ1v) is 8.81. The smallest absolute Gasteiger partial charge is 0.340 e. The van der Waals surface area contributed by atoms with Gasteiger partial charge in [-0.2, -0.15) is 0 Å². The number of aliphatic imine (C=N–C) groups is 1. The van der Waals surface area contributed by atoms with E-state index < -0.39 is 11.9 Å². The lowest BCUT2D eigenvalue weighted by Crippen LogP contribution is -2.19. The molecule has 1 aliphatic rings. The van der Waals surface area contributed by atoms with Gasteiger partial charge in [-0.1, -0.05) is 12.1 Å². The second-order valence-corrected chi connectivity index (χ2v) is 6.60. The van der Waals surface area contributed by atoms with Gasteiger partial charge in [0, 0.05) is 6.07 Å². The molecule has 3 rings (SSSR count). The molecule has 1 saturated heterocycles. The summed E-state index contributed by atoms with van der Waals surface area (Å²) < 4.78 is 10.3. The average molecular weight is 400 g/mol. The molecule has 0 aliphatic carbocycles. The van der Waals surface area contributed by atoms with Crippen LogP contribution in [0.1, 0.15) is 15.9 Å². The van der Waals surface area contributed by atoms with E-state index in [-0.39, 0.29) is 27.7 Å². The molecule has 1 fully saturated rings. The van der Waals surface area contributed by atoms with E-state index >= 15 is 0 Å². The highest BCUT2D eigenvalue weighted by Crippen LogP contribution is 2.36. The van der Waals surface area contributed by atoms with Crippen LogP contribution in [0.3, 0.4) is 0 Å². The van der Waals surface area contributed by atoms with Crippen molar-refractivity contribution in [2.75, 3.05) is 14.2 Å². The molecule has 28 heavy (non-hydrogen) atoms. The van der Waals surface area contributed by atoms with E-state index in [0.29, 0.717) is 16.4 Å². The van der Waals surface area contributed by atoms with Crippen LogP contribution in [0.2, 0.25) is 0 Å². The Morgan fingerprint density at radius 1 is 1.21 bits per heavy atom. The van der Waals surface area contributed by atoms with Gasteiger partial charge in [-0.25, -0.2) is 9.79 Å². The summed E-state index contributed by atoms with van der Waals surface area (Å²) in [7, 11) is 2.75. The van der Waals surface area contributed by atoms with E-state index in [1.54, 1.807) is 18.2 Å². The summed E-state index contributed by atoms with van der Waals surface area (Å²) in [6.07, 6.45) is 1.45. The largest absolute Gasteiger partial charge is 0.508 e. The Bertz CT molecular complexity index is 1020. The first-order chi connectivity index (χ1) is 13.4. The van der Waals surface area contributed by atoms with Crippen molar-refractivity contribution in [2.45, 2.75) is 0 Å². The summed E-state index contributed by atoms with van der Waals surface area (Å²) >= 11 is 1.06. The van der Waals surface area contributed by atoms with Crippen LogP contribution in [0.5, 0.6) is 17.2 Å². The van der Waals surface area contributed by atoms with E-state index in [2.05, 4.69) is 10.3 Å². The minimum absolute atomic E-state index is 0.0587. The van der Waals surface area contributed by atoms with Gasteiger partial charge in [0.15, 0.2) is 16.7 Å². The molecule has 0 spiro atoms. The van der Waals surface area contributed by atoms with Gasteiger partial charge in [0.1, 0.15) is 11.3 Å². The maximum Gasteiger partial charge on any atom is 0.340 e. The average Bonchev–Trinajstić information content (AvgIpc) is 2.99. The number of ether oxygens (including phenoxy) is 2. The highest BCUT2D eigenvalue weighted by atomic mass is 32.2. The zero-order valence-corrected chi connectivity index (χ0v) is 15.7. The number of rotatable bonds is 5. The van der Waals surface area contributed by atoms with E-state index in [0.717, 1.165) is 11.8 Å². The number of thioether (sulfide) groups is 1. The summed E-state index contributed by atoms with van der Waals surface area (Å²) in [5.41, 5.74) is 0.656. The Kier molecular flexibility index (Phi) is 5.55. The van der Waals surface area contributed by atoms with Crippen molar-refractivity contribution in [3.8, 4) is 17.2 Å². The Morgan fingerprint density at radius 2 is 2.00 bits per heavy atom. The van der Waals surface area contributed by atoms with Crippen molar-refractivity contribution in [3.63, 3.8) is 0 Å². The third-order valence-corrected chi connectivity index (χ3v) is 4.70. The molecule has 0 aromatic heterocycles. The molecule has 2 aromatic carbocycles. The van der Waals surface area contributed by atoms with Crippen molar-refractivity contribution < 1.29 is 29.3 Å². The van der Waals surface area contributed by atoms with Crippen LogP contribution in [0.4, 0.5) is 5.69 Å². The number of phenols is 1. The van der Waals surface area contributed by atoms with Crippen molar-refractivity contribution in [1.29, 1.82) is 0 Å². The van der Waals surface area contributed by atoms with E-state index in [4.69, 9.17) is 9.47 Å². The number of hydrogen-bond acceptors (Lipinski definition) is 7. The molecule has 2 aromatic rings. The second-order valence-electron chi connectivity index (χ2n) is 5.57. The standard InChI is InChI=1S/C19H16N2O6S/c1-26-13-7-6-10(15(18(24)25)16(13)27-2)8-14-17(23)21-19(28-14)20-11-4-3-5-12(22)9-11/h3-9,22H,1-2H3,(H,24,25)(H,20,21,23)/b14-8+. The van der Waals surface area contributed by atoms with Gasteiger partial charge >= 0.3 is 5.97 Å². The summed E-state index contributed by atoms with van der Waals surface area (Å²) in [5.74, 6) is -1.21. The van der Waals surface area contributed by atoms with Gasteiger partial charge in [0.05, 0.1) is 24.8 Å². The van der Waals surface area contributed by atoms with Gasteiger partial charge in [-0.3, -0.25) is 4.79 Å². The predicted molar refractivity (Wildman–Crippen MR) is 105 cm³/mol. The number of nitrogens with zero attached hydrogens (tertiary/aromatic N) is 1. The fourth-order valence-electron chi connectivity index (χ4n) is 2.58. The number of carboxylic acids is 1. The number of aromatic hydroxyl groups is 1. The van der Waals surface area contributed by atoms with Gasteiger partial charge in [-0.15, -0.1) is 0 Å². The number of methoxy groups -OCH3 is 2. The lowest BCUT2D eigenvalue weighted by Gasteiger charge is -2.12. The van der Waals surface area contributed by atoms with Crippen molar-refractivity contribution in [2.24, 2.45) is 4.99 Å². The van der Waals surface area contributed by atoms with E-state index in [1.165, 1.54) is 38.5 Å². The number of amides is 1. The topological polar surface area (TPSA) is 117 Å². The number of aromatic carboxylic acids is 1. The minimum atomic E-state index is -1.21. The Labute approximate surface area is 164 Å². The first-order valence-electron chi connectivity index (χ1n) is 8.00. The molecule has 3 N–H and O–H groups in total. The number of carboxylic acid groups (broad SMARTS) is 1. The Balaban J connectivity index is 1.98. The van der Waals surface area contributed by atoms with Crippen LogP contribution < -0.4 is 14.8 Å². The maximum absolute atomic E-state index is 12.3. The fourth-order valence-corrected chi connectivity index (χ4v) is 3.42. The quantitative estimate of drug-likeness (QED) is 0.661. The molecule has 0 saturated carbocycles. The molecule has 8 nitrogen and oxygen atoms in total. The number of phenolic OH excluding ortho intramolecular Hbond substituents is 1. The molecule has 0 radical (unpaired) electrons. The zero-order chi connectivity index (χ0) is 20.3. The third-order valence-electron chi connectivity index (χ3n) is 3.79. The normalized spacial score (nSPS) is 16.3. The lowest BCUT2D eigenvalue weighted by atomic mass is 10.0. The van der Waals surface area contributed by atoms with Crippen LogP contribution in [0.15, 0.2) is 46.3 Å². The highest BCUT2D eigenvalue weighted by Gasteiger charge is 2.26. The number of hydrogen-bond donors (Lipinski definition) is 3. The number of nitrogens with one attached hydrogen (secondary N) is 1. The van der Waals surface area contributed by atoms with Crippen LogP contribution in [0.25, 0.3) is 6.08 Å². The van der Waals surface area contributed by atoms with Crippen LogP contribution in [0, 0.1) is 0 Å². The summed E-state index contributed by atoms with van der Waals surface area (Å²) in [6.45, 7) is 0. The lowest BCUT2D eigenvalue weighted by molar-refractivity contribution is -0.115. The number of carbonyl (C=O) groups excluding carboxylic acids is 1. The van der Waals surface area contributed by atoms with Crippen LogP contribution >= 0.6 is 11.8 Å². The highest BCUT2D eigenvalue weighted by molar-refractivity contribution is 8.18. The summed E-state index contributed by atoms with van der Waals surface area (Å²) in [4.78, 5) is 28.6. The summed E-state index contributed by atoms with van der Waals surface area (Å²) in [5, 5.41) is 22.0. The minimum Gasteiger partial charge on any atom is -0.508 e. The van der Waals surface area contributed by atoms with Crippen molar-refractivity contribution >= 4 is 40.6 Å². The van der Waals surface area contributed by atoms with Crippen LogP contribution in [-0.4, -0.2) is 41.5 Å². The van der Waals surface area contributed by atoms with E-state index in [9.17, 15) is 19.8 Å². The number of amidine groups is 1. The fraction of sp³-hybridized carbons (Fsp3) is 0.105. The Morgan fingerprint density at radius 3 is 2.64 bits per heavy atom. The SMILES string of the molecule is COc1ccc(/C=C2/SC(=Nc3cccc(O)c3)NC2=O)c(C(=O)O)c1OC. The van der Waals surface area contributed by atoms with Crippen LogP contribution in [-0.2, 0) is 4.79 Å². The van der Waals surface area contributed by atoms with Gasteiger partial charge < -0.3 is 25.0 Å².